The third-order valence-corrected chi connectivity index (χ3v) is 7.23. The SMILES string of the molecule is ClC1=CC=C(c2nc(-c3ccc(-c4ccccc4)cc3)nc(-c3cccc4oc5ccccc5c34)n2)CC1. The molecule has 0 aliphatic heterocycles. The molecule has 6 aromatic rings. The van der Waals surface area contributed by atoms with E-state index in [1.165, 1.54) is 5.56 Å². The van der Waals surface area contributed by atoms with E-state index in [4.69, 9.17) is 31.0 Å². The van der Waals surface area contributed by atoms with E-state index in [2.05, 4.69) is 48.5 Å². The number of fused-ring (bicyclic) bond motifs is 3. The minimum Gasteiger partial charge on any atom is -0.456 e. The lowest BCUT2D eigenvalue weighted by Crippen LogP contribution is -2.04. The summed E-state index contributed by atoms with van der Waals surface area (Å²) in [6.45, 7) is 0. The Morgan fingerprint density at radius 2 is 1.24 bits per heavy atom. The molecule has 7 rings (SSSR count). The van der Waals surface area contributed by atoms with Crippen LogP contribution in [0, 0.1) is 0 Å². The number of furan rings is 1. The summed E-state index contributed by atoms with van der Waals surface area (Å²) in [5, 5.41) is 2.89. The van der Waals surface area contributed by atoms with E-state index >= 15 is 0 Å². The molecule has 0 bridgehead atoms. The molecule has 0 amide bonds. The molecule has 0 atom stereocenters. The second-order valence-electron chi connectivity index (χ2n) is 9.33. The second-order valence-corrected chi connectivity index (χ2v) is 9.82. The van der Waals surface area contributed by atoms with Gasteiger partial charge in [-0.25, -0.2) is 15.0 Å². The van der Waals surface area contributed by atoms with Crippen LogP contribution in [0.3, 0.4) is 0 Å². The van der Waals surface area contributed by atoms with Crippen molar-refractivity contribution in [1.82, 2.24) is 15.0 Å². The molecule has 5 heteroatoms. The van der Waals surface area contributed by atoms with Gasteiger partial charge in [-0.05, 0) is 47.8 Å². The van der Waals surface area contributed by atoms with Gasteiger partial charge in [0.15, 0.2) is 17.5 Å². The minimum absolute atomic E-state index is 0.621. The van der Waals surface area contributed by atoms with Gasteiger partial charge < -0.3 is 4.42 Å². The Morgan fingerprint density at radius 1 is 0.553 bits per heavy atom. The van der Waals surface area contributed by atoms with Crippen molar-refractivity contribution < 1.29 is 4.42 Å². The van der Waals surface area contributed by atoms with Gasteiger partial charge in [0.1, 0.15) is 11.2 Å². The first-order chi connectivity index (χ1) is 18.7. The molecule has 2 heterocycles. The zero-order valence-electron chi connectivity index (χ0n) is 20.4. The van der Waals surface area contributed by atoms with Gasteiger partial charge in [-0.2, -0.15) is 0 Å². The highest BCUT2D eigenvalue weighted by molar-refractivity contribution is 6.29. The topological polar surface area (TPSA) is 51.8 Å². The molecule has 0 unspecified atom stereocenters. The van der Waals surface area contributed by atoms with Crippen LogP contribution in [0.4, 0.5) is 0 Å². The van der Waals surface area contributed by atoms with Gasteiger partial charge in [0.05, 0.1) is 0 Å². The molecule has 182 valence electrons. The Kier molecular flexibility index (Phi) is 5.60. The highest BCUT2D eigenvalue weighted by Crippen LogP contribution is 2.37. The number of para-hydroxylation sites is 1. The fourth-order valence-electron chi connectivity index (χ4n) is 4.97. The number of aromatic nitrogens is 3. The van der Waals surface area contributed by atoms with Gasteiger partial charge in [-0.1, -0.05) is 103 Å². The largest absolute Gasteiger partial charge is 0.456 e. The van der Waals surface area contributed by atoms with Crippen molar-refractivity contribution >= 4 is 39.1 Å². The van der Waals surface area contributed by atoms with E-state index in [9.17, 15) is 0 Å². The normalized spacial score (nSPS) is 13.5. The van der Waals surface area contributed by atoms with Crippen LogP contribution in [-0.4, -0.2) is 15.0 Å². The molecule has 4 aromatic carbocycles. The average molecular weight is 512 g/mol. The first kappa shape index (κ1) is 22.6. The molecule has 0 radical (unpaired) electrons. The molecule has 2 aromatic heterocycles. The quantitative estimate of drug-likeness (QED) is 0.237. The van der Waals surface area contributed by atoms with Gasteiger partial charge in [-0.3, -0.25) is 0 Å². The first-order valence-corrected chi connectivity index (χ1v) is 13.0. The summed E-state index contributed by atoms with van der Waals surface area (Å²) >= 11 is 6.25. The van der Waals surface area contributed by atoms with Crippen molar-refractivity contribution in [2.45, 2.75) is 12.8 Å². The van der Waals surface area contributed by atoms with Crippen LogP contribution in [0.5, 0.6) is 0 Å². The molecule has 0 saturated heterocycles. The summed E-state index contributed by atoms with van der Waals surface area (Å²) in [4.78, 5) is 14.9. The number of rotatable bonds is 4. The highest BCUT2D eigenvalue weighted by Gasteiger charge is 2.19. The Labute approximate surface area is 225 Å². The second kappa shape index (κ2) is 9.40. The fraction of sp³-hybridized carbons (Fsp3) is 0.0606. The Morgan fingerprint density at radius 3 is 2.05 bits per heavy atom. The van der Waals surface area contributed by atoms with Gasteiger partial charge in [0.25, 0.3) is 0 Å². The van der Waals surface area contributed by atoms with Crippen LogP contribution in [0.1, 0.15) is 18.7 Å². The van der Waals surface area contributed by atoms with E-state index < -0.39 is 0 Å². The van der Waals surface area contributed by atoms with Crippen LogP contribution in [-0.2, 0) is 0 Å². The maximum Gasteiger partial charge on any atom is 0.164 e. The Bertz CT molecular complexity index is 1870. The fourth-order valence-corrected chi connectivity index (χ4v) is 5.13. The summed E-state index contributed by atoms with van der Waals surface area (Å²) in [6.07, 6.45) is 5.50. The minimum atomic E-state index is 0.621. The number of halogens is 1. The molecule has 1 aliphatic rings. The third kappa shape index (κ3) is 4.09. The summed E-state index contributed by atoms with van der Waals surface area (Å²) in [5.74, 6) is 1.93. The van der Waals surface area contributed by atoms with Crippen LogP contribution in [0.15, 0.2) is 119 Å². The van der Waals surface area contributed by atoms with E-state index in [-0.39, 0.29) is 0 Å². The molecular formula is C33H22ClN3O. The van der Waals surface area contributed by atoms with Crippen molar-refractivity contribution in [1.29, 1.82) is 0 Å². The number of benzene rings is 4. The standard InChI is InChI=1S/C33H22ClN3O/c34-25-19-17-24(18-20-25)32-35-31(23-15-13-22(14-16-23)21-7-2-1-3-8-21)36-33(37-32)27-10-6-12-29-30(27)26-9-4-5-11-28(26)38-29/h1-17,19H,18,20H2. The van der Waals surface area contributed by atoms with Gasteiger partial charge in [0.2, 0.25) is 0 Å². The zero-order valence-corrected chi connectivity index (χ0v) is 21.2. The molecule has 38 heavy (non-hydrogen) atoms. The van der Waals surface area contributed by atoms with Crippen LogP contribution < -0.4 is 0 Å². The number of allylic oxidation sites excluding steroid dienone is 4. The lowest BCUT2D eigenvalue weighted by atomic mass is 10.0. The lowest BCUT2D eigenvalue weighted by molar-refractivity contribution is 0.669. The van der Waals surface area contributed by atoms with Crippen LogP contribution in [0.2, 0.25) is 0 Å². The summed E-state index contributed by atoms with van der Waals surface area (Å²) in [5.41, 5.74) is 6.87. The first-order valence-electron chi connectivity index (χ1n) is 12.6. The average Bonchev–Trinajstić information content (AvgIpc) is 3.37. The van der Waals surface area contributed by atoms with E-state index in [0.717, 1.165) is 62.1 Å². The molecule has 0 saturated carbocycles. The van der Waals surface area contributed by atoms with Crippen molar-refractivity contribution in [2.24, 2.45) is 0 Å². The van der Waals surface area contributed by atoms with Crippen LogP contribution in [0.25, 0.3) is 61.4 Å². The van der Waals surface area contributed by atoms with Crippen molar-refractivity contribution in [3.05, 3.63) is 120 Å². The maximum atomic E-state index is 6.25. The molecule has 1 aliphatic carbocycles. The van der Waals surface area contributed by atoms with Crippen molar-refractivity contribution in [3.8, 4) is 33.9 Å². The van der Waals surface area contributed by atoms with Crippen molar-refractivity contribution in [2.75, 3.05) is 0 Å². The highest BCUT2D eigenvalue weighted by atomic mass is 35.5. The summed E-state index contributed by atoms with van der Waals surface area (Å²) < 4.78 is 6.14. The van der Waals surface area contributed by atoms with E-state index in [0.29, 0.717) is 17.5 Å². The smallest absolute Gasteiger partial charge is 0.164 e. The van der Waals surface area contributed by atoms with E-state index in [1.54, 1.807) is 0 Å². The zero-order chi connectivity index (χ0) is 25.5. The van der Waals surface area contributed by atoms with Gasteiger partial charge in [-0.15, -0.1) is 0 Å². The molecule has 0 N–H and O–H groups in total. The molecular weight excluding hydrogens is 490 g/mol. The predicted octanol–water partition coefficient (Wildman–Crippen LogP) is 9.07. The van der Waals surface area contributed by atoms with Crippen LogP contribution >= 0.6 is 11.6 Å². The molecule has 0 fully saturated rings. The Hall–Kier alpha value is -4.54. The number of hydrogen-bond acceptors (Lipinski definition) is 4. The Balaban J connectivity index is 1.41. The molecule has 0 spiro atoms. The number of hydrogen-bond donors (Lipinski definition) is 0. The lowest BCUT2D eigenvalue weighted by Gasteiger charge is -2.13. The van der Waals surface area contributed by atoms with E-state index in [1.807, 2.05) is 60.7 Å². The molecule has 4 nitrogen and oxygen atoms in total. The number of nitrogens with zero attached hydrogens (tertiary/aromatic N) is 3. The van der Waals surface area contributed by atoms with Crippen molar-refractivity contribution in [3.63, 3.8) is 0 Å². The third-order valence-electron chi connectivity index (χ3n) is 6.91. The van der Waals surface area contributed by atoms with Gasteiger partial charge in [0, 0.05) is 26.9 Å². The maximum absolute atomic E-state index is 6.25. The summed E-state index contributed by atoms with van der Waals surface area (Å²) in [6, 6.07) is 32.8. The van der Waals surface area contributed by atoms with Gasteiger partial charge >= 0.3 is 0 Å². The predicted molar refractivity (Wildman–Crippen MR) is 155 cm³/mol. The monoisotopic (exact) mass is 511 g/mol. The summed E-state index contributed by atoms with van der Waals surface area (Å²) in [7, 11) is 0.